The van der Waals surface area contributed by atoms with Crippen molar-refractivity contribution in [2.24, 2.45) is 11.0 Å². The number of rotatable bonds is 5. The molecule has 0 radical (unpaired) electrons. The molecule has 5 nitrogen and oxygen atoms in total. The molecule has 0 saturated carbocycles. The van der Waals surface area contributed by atoms with Gasteiger partial charge in [0.25, 0.3) is 5.91 Å². The number of hydrogen-bond acceptors (Lipinski definition) is 4. The molecule has 2 aromatic carbocycles. The van der Waals surface area contributed by atoms with Gasteiger partial charge in [0.1, 0.15) is 5.71 Å². The fourth-order valence-electron chi connectivity index (χ4n) is 3.48. The molecule has 0 bridgehead atoms. The first kappa shape index (κ1) is 16.8. The van der Waals surface area contributed by atoms with E-state index < -0.39 is 0 Å². The number of carbonyl (C=O) groups is 1. The summed E-state index contributed by atoms with van der Waals surface area (Å²) in [6.45, 7) is 2.17. The van der Waals surface area contributed by atoms with Crippen molar-refractivity contribution in [3.8, 4) is 0 Å². The predicted molar refractivity (Wildman–Crippen MR) is 102 cm³/mol. The van der Waals surface area contributed by atoms with Crippen molar-refractivity contribution in [3.63, 3.8) is 0 Å². The predicted octanol–water partition coefficient (Wildman–Crippen LogP) is 3.15. The van der Waals surface area contributed by atoms with Crippen LogP contribution in [0.4, 0.5) is 5.69 Å². The van der Waals surface area contributed by atoms with Crippen molar-refractivity contribution in [1.29, 1.82) is 0 Å². The Morgan fingerprint density at radius 3 is 2.54 bits per heavy atom. The smallest absolute Gasteiger partial charge is 0.267 e. The van der Waals surface area contributed by atoms with Gasteiger partial charge in [-0.05, 0) is 24.1 Å². The third-order valence-electron chi connectivity index (χ3n) is 4.95. The van der Waals surface area contributed by atoms with E-state index in [1.54, 1.807) is 0 Å². The molecule has 1 N–H and O–H groups in total. The SMILES string of the molecule is O=C(NCC1CCOC1)C1=NN(c2ccccc2)C(c2ccccc2)C1. The van der Waals surface area contributed by atoms with Gasteiger partial charge in [-0.3, -0.25) is 9.80 Å². The molecule has 1 saturated heterocycles. The third kappa shape index (κ3) is 3.63. The van der Waals surface area contributed by atoms with E-state index in [4.69, 9.17) is 4.74 Å². The molecule has 0 aliphatic carbocycles. The highest BCUT2D eigenvalue weighted by Gasteiger charge is 2.32. The number of benzene rings is 2. The van der Waals surface area contributed by atoms with Crippen molar-refractivity contribution in [1.82, 2.24) is 5.32 Å². The number of para-hydroxylation sites is 1. The van der Waals surface area contributed by atoms with E-state index in [0.29, 0.717) is 24.6 Å². The van der Waals surface area contributed by atoms with Gasteiger partial charge < -0.3 is 10.1 Å². The number of hydrogen-bond donors (Lipinski definition) is 1. The summed E-state index contributed by atoms with van der Waals surface area (Å²) in [5.74, 6) is 0.340. The summed E-state index contributed by atoms with van der Waals surface area (Å²) in [5, 5.41) is 9.66. The van der Waals surface area contributed by atoms with Crippen LogP contribution < -0.4 is 10.3 Å². The molecular weight excluding hydrogens is 326 g/mol. The second-order valence-corrected chi connectivity index (χ2v) is 6.80. The van der Waals surface area contributed by atoms with Crippen LogP contribution >= 0.6 is 0 Å². The lowest BCUT2D eigenvalue weighted by Gasteiger charge is -2.23. The lowest BCUT2D eigenvalue weighted by Crippen LogP contribution is -2.34. The van der Waals surface area contributed by atoms with Gasteiger partial charge in [0, 0.05) is 25.5 Å². The highest BCUT2D eigenvalue weighted by atomic mass is 16.5. The maximum atomic E-state index is 12.6. The summed E-state index contributed by atoms with van der Waals surface area (Å²) in [5.41, 5.74) is 2.74. The minimum atomic E-state index is -0.0729. The molecule has 1 amide bonds. The summed E-state index contributed by atoms with van der Waals surface area (Å²) in [4.78, 5) is 12.6. The average molecular weight is 349 g/mol. The number of carbonyl (C=O) groups excluding carboxylic acids is 1. The van der Waals surface area contributed by atoms with Crippen molar-refractivity contribution in [3.05, 3.63) is 66.2 Å². The largest absolute Gasteiger partial charge is 0.381 e. The van der Waals surface area contributed by atoms with Gasteiger partial charge in [0.05, 0.1) is 18.3 Å². The molecule has 2 atom stereocenters. The molecule has 2 unspecified atom stereocenters. The van der Waals surface area contributed by atoms with Gasteiger partial charge in [0.15, 0.2) is 0 Å². The minimum Gasteiger partial charge on any atom is -0.381 e. The first-order valence-corrected chi connectivity index (χ1v) is 9.14. The highest BCUT2D eigenvalue weighted by molar-refractivity contribution is 6.39. The fourth-order valence-corrected chi connectivity index (χ4v) is 3.48. The van der Waals surface area contributed by atoms with Crippen LogP contribution in [0.3, 0.4) is 0 Å². The van der Waals surface area contributed by atoms with E-state index in [0.717, 1.165) is 30.9 Å². The molecule has 26 heavy (non-hydrogen) atoms. The summed E-state index contributed by atoms with van der Waals surface area (Å²) in [7, 11) is 0. The van der Waals surface area contributed by atoms with Crippen LogP contribution in [0.15, 0.2) is 65.8 Å². The quantitative estimate of drug-likeness (QED) is 0.902. The fraction of sp³-hybridized carbons (Fsp3) is 0.333. The summed E-state index contributed by atoms with van der Waals surface area (Å²) < 4.78 is 5.37. The number of ether oxygens (including phenoxy) is 1. The topological polar surface area (TPSA) is 53.9 Å². The molecule has 5 heteroatoms. The van der Waals surface area contributed by atoms with Crippen LogP contribution in [-0.4, -0.2) is 31.4 Å². The van der Waals surface area contributed by atoms with E-state index in [9.17, 15) is 4.79 Å². The summed E-state index contributed by atoms with van der Waals surface area (Å²) in [6, 6.07) is 20.3. The molecule has 2 aromatic rings. The van der Waals surface area contributed by atoms with Gasteiger partial charge in [0.2, 0.25) is 0 Å². The first-order valence-electron chi connectivity index (χ1n) is 9.14. The van der Waals surface area contributed by atoms with E-state index >= 15 is 0 Å². The second-order valence-electron chi connectivity index (χ2n) is 6.80. The van der Waals surface area contributed by atoms with Crippen molar-refractivity contribution in [2.75, 3.05) is 24.8 Å². The number of amides is 1. The zero-order chi connectivity index (χ0) is 17.8. The lowest BCUT2D eigenvalue weighted by molar-refractivity contribution is -0.115. The van der Waals surface area contributed by atoms with Crippen molar-refractivity contribution in [2.45, 2.75) is 18.9 Å². The van der Waals surface area contributed by atoms with Gasteiger partial charge in [-0.25, -0.2) is 0 Å². The van der Waals surface area contributed by atoms with Crippen LogP contribution in [0.5, 0.6) is 0 Å². The van der Waals surface area contributed by atoms with Crippen LogP contribution in [0.1, 0.15) is 24.4 Å². The van der Waals surface area contributed by atoms with Crippen LogP contribution in [0, 0.1) is 5.92 Å². The molecule has 0 aromatic heterocycles. The molecule has 2 aliphatic heterocycles. The van der Waals surface area contributed by atoms with Gasteiger partial charge in [-0.1, -0.05) is 48.5 Å². The van der Waals surface area contributed by atoms with E-state index in [2.05, 4.69) is 22.6 Å². The first-order chi connectivity index (χ1) is 12.8. The van der Waals surface area contributed by atoms with Gasteiger partial charge in [-0.2, -0.15) is 5.10 Å². The van der Waals surface area contributed by atoms with Crippen LogP contribution in [0.25, 0.3) is 0 Å². The highest BCUT2D eigenvalue weighted by Crippen LogP contribution is 2.34. The standard InChI is InChI=1S/C21H23N3O2/c25-21(22-14-16-11-12-26-15-16)19-13-20(17-7-3-1-4-8-17)24(23-19)18-9-5-2-6-10-18/h1-10,16,20H,11-15H2,(H,22,25). The number of hydrazone groups is 1. The van der Waals surface area contributed by atoms with Gasteiger partial charge >= 0.3 is 0 Å². The lowest BCUT2D eigenvalue weighted by atomic mass is 10.0. The Labute approximate surface area is 153 Å². The Hall–Kier alpha value is -2.66. The molecular formula is C21H23N3O2. The van der Waals surface area contributed by atoms with Crippen LogP contribution in [0.2, 0.25) is 0 Å². The average Bonchev–Trinajstić information content (AvgIpc) is 3.37. The van der Waals surface area contributed by atoms with E-state index in [-0.39, 0.29) is 11.9 Å². The maximum Gasteiger partial charge on any atom is 0.267 e. The number of anilines is 1. The Balaban J connectivity index is 1.52. The Bertz CT molecular complexity index is 770. The molecule has 1 fully saturated rings. The monoisotopic (exact) mass is 349 g/mol. The molecule has 2 heterocycles. The van der Waals surface area contributed by atoms with E-state index in [1.807, 2.05) is 53.5 Å². The molecule has 0 spiro atoms. The number of nitrogens with one attached hydrogen (secondary N) is 1. The molecule has 134 valence electrons. The van der Waals surface area contributed by atoms with E-state index in [1.165, 1.54) is 0 Å². The Kier molecular flexibility index (Phi) is 4.97. The van der Waals surface area contributed by atoms with Crippen LogP contribution in [-0.2, 0) is 9.53 Å². The van der Waals surface area contributed by atoms with Gasteiger partial charge in [-0.15, -0.1) is 0 Å². The normalized spacial score (nSPS) is 22.3. The zero-order valence-corrected chi connectivity index (χ0v) is 14.7. The number of nitrogens with zero attached hydrogens (tertiary/aromatic N) is 2. The van der Waals surface area contributed by atoms with Crippen molar-refractivity contribution < 1.29 is 9.53 Å². The molecule has 4 rings (SSSR count). The summed E-state index contributed by atoms with van der Waals surface area (Å²) in [6.07, 6.45) is 1.61. The Morgan fingerprint density at radius 1 is 1.12 bits per heavy atom. The zero-order valence-electron chi connectivity index (χ0n) is 14.7. The molecule has 2 aliphatic rings. The Morgan fingerprint density at radius 2 is 1.85 bits per heavy atom. The maximum absolute atomic E-state index is 12.6. The minimum absolute atomic E-state index is 0.0363. The summed E-state index contributed by atoms with van der Waals surface area (Å²) >= 11 is 0. The van der Waals surface area contributed by atoms with Crippen molar-refractivity contribution >= 4 is 17.3 Å². The second kappa shape index (κ2) is 7.70. The third-order valence-corrected chi connectivity index (χ3v) is 4.95.